The van der Waals surface area contributed by atoms with Crippen molar-refractivity contribution in [1.29, 1.82) is 0 Å². The third-order valence-corrected chi connectivity index (χ3v) is 3.87. The maximum absolute atomic E-state index is 13.0. The normalized spacial score (nSPS) is 10.4. The molecule has 0 atom stereocenters. The van der Waals surface area contributed by atoms with E-state index in [2.05, 4.69) is 10.6 Å². The van der Waals surface area contributed by atoms with Crippen LogP contribution in [0.5, 0.6) is 0 Å². The van der Waals surface area contributed by atoms with E-state index >= 15 is 0 Å². The van der Waals surface area contributed by atoms with Gasteiger partial charge in [0.25, 0.3) is 0 Å². The summed E-state index contributed by atoms with van der Waals surface area (Å²) in [4.78, 5) is 23.5. The second kappa shape index (κ2) is 8.78. The molecule has 0 saturated carbocycles. The van der Waals surface area contributed by atoms with Crippen LogP contribution < -0.4 is 10.6 Å². The van der Waals surface area contributed by atoms with E-state index in [1.807, 2.05) is 0 Å². The van der Waals surface area contributed by atoms with Crippen molar-refractivity contribution in [3.05, 3.63) is 63.6 Å². The van der Waals surface area contributed by atoms with Crippen molar-refractivity contribution in [2.75, 3.05) is 11.9 Å². The Bertz CT molecular complexity index is 800. The van der Waals surface area contributed by atoms with Gasteiger partial charge in [0, 0.05) is 28.2 Å². The minimum atomic E-state index is -1.07. The average Bonchev–Trinajstić information content (AvgIpc) is 2.55. The summed E-state index contributed by atoms with van der Waals surface area (Å²) in [6.45, 7) is -0.286. The van der Waals surface area contributed by atoms with Gasteiger partial charge in [0.05, 0.1) is 6.54 Å². The zero-order valence-corrected chi connectivity index (χ0v) is 14.4. The third-order valence-electron chi connectivity index (χ3n) is 3.29. The lowest BCUT2D eigenvalue weighted by Crippen LogP contribution is -2.33. The van der Waals surface area contributed by atoms with E-state index in [9.17, 15) is 18.4 Å². The highest BCUT2D eigenvalue weighted by molar-refractivity contribution is 6.35. The second-order valence-electron chi connectivity index (χ2n) is 5.19. The number of amides is 2. The quantitative estimate of drug-likeness (QED) is 0.789. The summed E-state index contributed by atoms with van der Waals surface area (Å²) in [6.07, 6.45) is 0.534. The van der Waals surface area contributed by atoms with E-state index < -0.39 is 17.5 Å². The molecule has 2 rings (SSSR count). The Morgan fingerprint density at radius 3 is 2.40 bits per heavy atom. The first kappa shape index (κ1) is 19.1. The Balaban J connectivity index is 1.77. The number of benzene rings is 2. The van der Waals surface area contributed by atoms with Gasteiger partial charge in [-0.15, -0.1) is 0 Å². The minimum absolute atomic E-state index is 0.103. The molecule has 0 saturated heterocycles. The SMILES string of the molecule is O=C(CCc1ccc(Cl)cc1Cl)NCC(=O)Nc1ccc(F)c(F)c1. The summed E-state index contributed by atoms with van der Waals surface area (Å²) in [5, 5.41) is 5.78. The summed E-state index contributed by atoms with van der Waals surface area (Å²) in [5.74, 6) is -2.97. The van der Waals surface area contributed by atoms with Crippen molar-refractivity contribution in [1.82, 2.24) is 5.32 Å². The Morgan fingerprint density at radius 1 is 0.960 bits per heavy atom. The van der Waals surface area contributed by atoms with Crippen molar-refractivity contribution < 1.29 is 18.4 Å². The number of nitrogens with one attached hydrogen (secondary N) is 2. The predicted molar refractivity (Wildman–Crippen MR) is 92.8 cm³/mol. The first-order valence-electron chi connectivity index (χ1n) is 7.30. The van der Waals surface area contributed by atoms with Crippen LogP contribution in [0.25, 0.3) is 0 Å². The topological polar surface area (TPSA) is 58.2 Å². The van der Waals surface area contributed by atoms with E-state index in [0.29, 0.717) is 16.5 Å². The van der Waals surface area contributed by atoms with Crippen LogP contribution in [0.2, 0.25) is 10.0 Å². The predicted octanol–water partition coefficient (Wildman–Crippen LogP) is 3.96. The molecule has 0 radical (unpaired) electrons. The fourth-order valence-electron chi connectivity index (χ4n) is 2.02. The van der Waals surface area contributed by atoms with Crippen molar-refractivity contribution in [2.24, 2.45) is 0 Å². The van der Waals surface area contributed by atoms with Gasteiger partial charge in [0.2, 0.25) is 11.8 Å². The largest absolute Gasteiger partial charge is 0.347 e. The summed E-state index contributed by atoms with van der Waals surface area (Å²) in [5.41, 5.74) is 0.874. The molecule has 0 bridgehead atoms. The number of hydrogen-bond donors (Lipinski definition) is 2. The molecule has 0 fully saturated rings. The molecular formula is C17H14Cl2F2N2O2. The van der Waals surface area contributed by atoms with Crippen molar-refractivity contribution >= 4 is 40.7 Å². The van der Waals surface area contributed by atoms with E-state index in [1.165, 1.54) is 6.07 Å². The maximum Gasteiger partial charge on any atom is 0.243 e. The lowest BCUT2D eigenvalue weighted by atomic mass is 10.1. The molecule has 0 aromatic heterocycles. The van der Waals surface area contributed by atoms with Crippen LogP contribution in [-0.2, 0) is 16.0 Å². The molecule has 0 aliphatic rings. The number of aryl methyl sites for hydroxylation is 1. The van der Waals surface area contributed by atoms with Gasteiger partial charge in [-0.1, -0.05) is 29.3 Å². The van der Waals surface area contributed by atoms with E-state index in [4.69, 9.17) is 23.2 Å². The number of rotatable bonds is 6. The lowest BCUT2D eigenvalue weighted by Gasteiger charge is -2.08. The number of carbonyl (C=O) groups is 2. The van der Waals surface area contributed by atoms with Crippen LogP contribution in [0.1, 0.15) is 12.0 Å². The Labute approximate surface area is 153 Å². The van der Waals surface area contributed by atoms with Gasteiger partial charge < -0.3 is 10.6 Å². The van der Waals surface area contributed by atoms with Gasteiger partial charge >= 0.3 is 0 Å². The average molecular weight is 387 g/mol. The number of hydrogen-bond acceptors (Lipinski definition) is 2. The first-order valence-corrected chi connectivity index (χ1v) is 8.06. The molecule has 0 heterocycles. The van der Waals surface area contributed by atoms with Gasteiger partial charge in [-0.2, -0.15) is 0 Å². The Morgan fingerprint density at radius 2 is 1.72 bits per heavy atom. The molecule has 8 heteroatoms. The molecule has 2 amide bonds. The Kier molecular flexibility index (Phi) is 6.73. The van der Waals surface area contributed by atoms with Crippen LogP contribution in [0.4, 0.5) is 14.5 Å². The molecule has 25 heavy (non-hydrogen) atoms. The highest BCUT2D eigenvalue weighted by Gasteiger charge is 2.09. The molecule has 0 aliphatic carbocycles. The van der Waals surface area contributed by atoms with Crippen molar-refractivity contribution in [2.45, 2.75) is 12.8 Å². The molecule has 2 aromatic rings. The minimum Gasteiger partial charge on any atom is -0.347 e. The second-order valence-corrected chi connectivity index (χ2v) is 6.03. The molecule has 0 aliphatic heterocycles. The third kappa shape index (κ3) is 5.99. The molecule has 132 valence electrons. The van der Waals surface area contributed by atoms with Crippen molar-refractivity contribution in [3.8, 4) is 0 Å². The number of halogens is 4. The number of carbonyl (C=O) groups excluding carboxylic acids is 2. The highest BCUT2D eigenvalue weighted by Crippen LogP contribution is 2.22. The van der Waals surface area contributed by atoms with E-state index in [1.54, 1.807) is 18.2 Å². The van der Waals surface area contributed by atoms with Crippen LogP contribution >= 0.6 is 23.2 Å². The van der Waals surface area contributed by atoms with Crippen LogP contribution in [-0.4, -0.2) is 18.4 Å². The summed E-state index contributed by atoms with van der Waals surface area (Å²) >= 11 is 11.8. The number of anilines is 1. The smallest absolute Gasteiger partial charge is 0.243 e. The zero-order valence-electron chi connectivity index (χ0n) is 12.9. The standard InChI is InChI=1S/C17H14Cl2F2N2O2/c18-11-3-1-10(13(19)7-11)2-6-16(24)22-9-17(25)23-12-4-5-14(20)15(21)8-12/h1,3-5,7-8H,2,6,9H2,(H,22,24)(H,23,25). The molecule has 0 unspecified atom stereocenters. The molecule has 2 aromatic carbocycles. The fourth-order valence-corrected chi connectivity index (χ4v) is 2.52. The molecule has 0 spiro atoms. The molecular weight excluding hydrogens is 373 g/mol. The molecule has 2 N–H and O–H groups in total. The van der Waals surface area contributed by atoms with Crippen LogP contribution in [0, 0.1) is 11.6 Å². The summed E-state index contributed by atoms with van der Waals surface area (Å²) in [7, 11) is 0. The zero-order chi connectivity index (χ0) is 18.4. The van der Waals surface area contributed by atoms with Gasteiger partial charge in [-0.25, -0.2) is 8.78 Å². The summed E-state index contributed by atoms with van der Waals surface area (Å²) < 4.78 is 25.9. The molecule has 4 nitrogen and oxygen atoms in total. The monoisotopic (exact) mass is 386 g/mol. The van der Waals surface area contributed by atoms with E-state index in [0.717, 1.165) is 17.7 Å². The maximum atomic E-state index is 13.0. The highest BCUT2D eigenvalue weighted by atomic mass is 35.5. The van der Waals surface area contributed by atoms with Crippen LogP contribution in [0.15, 0.2) is 36.4 Å². The van der Waals surface area contributed by atoms with Gasteiger partial charge in [-0.3, -0.25) is 9.59 Å². The Hall–Kier alpha value is -2.18. The van der Waals surface area contributed by atoms with E-state index in [-0.39, 0.29) is 24.6 Å². The van der Waals surface area contributed by atoms with Gasteiger partial charge in [0.15, 0.2) is 11.6 Å². The fraction of sp³-hybridized carbons (Fsp3) is 0.176. The van der Waals surface area contributed by atoms with Gasteiger partial charge in [-0.05, 0) is 36.2 Å². The first-order chi connectivity index (χ1) is 11.8. The van der Waals surface area contributed by atoms with Gasteiger partial charge in [0.1, 0.15) is 0 Å². The van der Waals surface area contributed by atoms with Crippen LogP contribution in [0.3, 0.4) is 0 Å². The lowest BCUT2D eigenvalue weighted by molar-refractivity contribution is -0.124. The van der Waals surface area contributed by atoms with Crippen molar-refractivity contribution in [3.63, 3.8) is 0 Å². The summed E-state index contributed by atoms with van der Waals surface area (Å²) in [6, 6.07) is 7.98.